The Balaban J connectivity index is 0.000000872. The van der Waals surface area contributed by atoms with Crippen LogP contribution in [-0.4, -0.2) is 36.3 Å². The minimum absolute atomic E-state index is 0.164. The van der Waals surface area contributed by atoms with E-state index in [1.807, 2.05) is 18.2 Å². The first-order valence-electron chi connectivity index (χ1n) is 9.62. The second-order valence-electron chi connectivity index (χ2n) is 8.07. The number of hydrogen-bond donors (Lipinski definition) is 3. The van der Waals surface area contributed by atoms with E-state index in [1.165, 1.54) is 0 Å². The molecule has 2 aromatic rings. The third-order valence-electron chi connectivity index (χ3n) is 6.21. The van der Waals surface area contributed by atoms with E-state index in [0.29, 0.717) is 22.4 Å². The predicted octanol–water partition coefficient (Wildman–Crippen LogP) is 3.78. The highest BCUT2D eigenvalue weighted by atomic mass is 35.5. The van der Waals surface area contributed by atoms with Crippen LogP contribution in [0.15, 0.2) is 22.6 Å². The Morgan fingerprint density at radius 2 is 2.11 bits per heavy atom. The van der Waals surface area contributed by atoms with E-state index in [9.17, 15) is 4.79 Å². The Hall–Kier alpha value is -1.24. The number of carbonyl (C=O) groups is 1. The van der Waals surface area contributed by atoms with E-state index in [-0.39, 0.29) is 11.8 Å². The number of nitrogens with one attached hydrogen (secondary N) is 2. The summed E-state index contributed by atoms with van der Waals surface area (Å²) in [5, 5.41) is 7.17. The largest absolute Gasteiger partial charge is 0.440 e. The Morgan fingerprint density at radius 1 is 1.33 bits per heavy atom. The van der Waals surface area contributed by atoms with Gasteiger partial charge < -0.3 is 15.1 Å². The number of rotatable bonds is 3. The smallest absolute Gasteiger partial charge is 0.224 e. The number of aromatic nitrogens is 1. The molecule has 1 aromatic carbocycles. The molecule has 0 radical (unpaired) electrons. The molecule has 7 heteroatoms. The van der Waals surface area contributed by atoms with Crippen molar-refractivity contribution in [3.8, 4) is 0 Å². The summed E-state index contributed by atoms with van der Waals surface area (Å²) in [6.45, 7) is 1.79. The molecule has 1 amide bonds. The number of benzene rings is 1. The highest BCUT2D eigenvalue weighted by Crippen LogP contribution is 2.61. The van der Waals surface area contributed by atoms with Crippen LogP contribution in [0.25, 0.3) is 11.1 Å². The van der Waals surface area contributed by atoms with Crippen LogP contribution in [0.1, 0.15) is 43.9 Å². The highest BCUT2D eigenvalue weighted by molar-refractivity contribution is 7.79. The number of nitrogens with zero attached hydrogens (tertiary/aromatic N) is 1. The monoisotopic (exact) mass is 407 g/mol. The molecule has 2 N–H and O–H groups in total. The fourth-order valence-electron chi connectivity index (χ4n) is 4.87. The third kappa shape index (κ3) is 3.71. The SMILES string of the molecule is CS.O=C(NC1CC2(C1)CC(c1nc3cc(Cl)ccc3o1)C2)C1CCNC1. The molecular weight excluding hydrogens is 382 g/mol. The van der Waals surface area contributed by atoms with Crippen LogP contribution >= 0.6 is 24.2 Å². The van der Waals surface area contributed by atoms with Gasteiger partial charge in [0.15, 0.2) is 11.5 Å². The molecule has 1 atom stereocenters. The lowest BCUT2D eigenvalue weighted by Crippen LogP contribution is -2.56. The summed E-state index contributed by atoms with van der Waals surface area (Å²) in [4.78, 5) is 16.8. The van der Waals surface area contributed by atoms with Crippen LogP contribution in [0.4, 0.5) is 0 Å². The van der Waals surface area contributed by atoms with Crippen molar-refractivity contribution in [3.05, 3.63) is 29.1 Å². The quantitative estimate of drug-likeness (QED) is 0.677. The van der Waals surface area contributed by atoms with Crippen molar-refractivity contribution in [2.75, 3.05) is 19.3 Å². The average molecular weight is 408 g/mol. The van der Waals surface area contributed by atoms with Crippen molar-refractivity contribution in [2.24, 2.45) is 11.3 Å². The molecule has 5 rings (SSSR count). The van der Waals surface area contributed by atoms with Crippen molar-refractivity contribution in [1.29, 1.82) is 0 Å². The molecule has 2 aliphatic carbocycles. The fourth-order valence-corrected chi connectivity index (χ4v) is 5.04. The molecule has 2 heterocycles. The molecule has 1 unspecified atom stereocenters. The minimum atomic E-state index is 0.164. The molecule has 1 spiro atoms. The van der Waals surface area contributed by atoms with E-state index < -0.39 is 0 Å². The summed E-state index contributed by atoms with van der Waals surface area (Å²) in [6.07, 6.45) is 7.09. The zero-order chi connectivity index (χ0) is 19.0. The molecule has 1 aliphatic heterocycles. The topological polar surface area (TPSA) is 67.2 Å². The first-order chi connectivity index (χ1) is 13.1. The second-order valence-corrected chi connectivity index (χ2v) is 8.51. The molecular formula is C20H26ClN3O2S. The summed E-state index contributed by atoms with van der Waals surface area (Å²) in [5.74, 6) is 1.64. The number of thiol groups is 1. The van der Waals surface area contributed by atoms with Gasteiger partial charge in [-0.2, -0.15) is 12.6 Å². The predicted molar refractivity (Wildman–Crippen MR) is 110 cm³/mol. The van der Waals surface area contributed by atoms with Gasteiger partial charge in [-0.15, -0.1) is 0 Å². The summed E-state index contributed by atoms with van der Waals surface area (Å²) in [6, 6.07) is 5.93. The summed E-state index contributed by atoms with van der Waals surface area (Å²) in [7, 11) is 0. The molecule has 3 aliphatic rings. The van der Waals surface area contributed by atoms with Gasteiger partial charge in [-0.05, 0) is 68.5 Å². The number of carbonyl (C=O) groups excluding carboxylic acids is 1. The molecule has 27 heavy (non-hydrogen) atoms. The van der Waals surface area contributed by atoms with Gasteiger partial charge in [0.1, 0.15) is 5.52 Å². The Bertz CT molecular complexity index is 820. The van der Waals surface area contributed by atoms with Gasteiger partial charge in [-0.25, -0.2) is 4.98 Å². The van der Waals surface area contributed by atoms with Crippen LogP contribution in [0.5, 0.6) is 0 Å². The van der Waals surface area contributed by atoms with Gasteiger partial charge in [-0.3, -0.25) is 4.79 Å². The normalized spacial score (nSPS) is 31.7. The lowest BCUT2D eigenvalue weighted by Gasteiger charge is -2.57. The van der Waals surface area contributed by atoms with Crippen LogP contribution in [-0.2, 0) is 4.79 Å². The van der Waals surface area contributed by atoms with Crippen molar-refractivity contribution >= 4 is 41.2 Å². The van der Waals surface area contributed by atoms with E-state index in [1.54, 1.807) is 6.26 Å². The second kappa shape index (κ2) is 7.64. The molecule has 3 fully saturated rings. The van der Waals surface area contributed by atoms with E-state index >= 15 is 0 Å². The van der Waals surface area contributed by atoms with Crippen molar-refractivity contribution < 1.29 is 9.21 Å². The Morgan fingerprint density at radius 3 is 2.81 bits per heavy atom. The molecule has 1 saturated heterocycles. The van der Waals surface area contributed by atoms with Crippen molar-refractivity contribution in [1.82, 2.24) is 15.6 Å². The zero-order valence-electron chi connectivity index (χ0n) is 15.5. The minimum Gasteiger partial charge on any atom is -0.440 e. The van der Waals surface area contributed by atoms with Gasteiger partial charge in [0.05, 0.1) is 5.92 Å². The van der Waals surface area contributed by atoms with Crippen LogP contribution < -0.4 is 10.6 Å². The van der Waals surface area contributed by atoms with Crippen molar-refractivity contribution in [3.63, 3.8) is 0 Å². The highest BCUT2D eigenvalue weighted by Gasteiger charge is 2.54. The summed E-state index contributed by atoms with van der Waals surface area (Å²) >= 11 is 9.54. The van der Waals surface area contributed by atoms with Gasteiger partial charge in [0, 0.05) is 23.5 Å². The van der Waals surface area contributed by atoms with E-state index in [0.717, 1.165) is 62.2 Å². The van der Waals surface area contributed by atoms with Crippen LogP contribution in [0.3, 0.4) is 0 Å². The average Bonchev–Trinajstić information content (AvgIpc) is 3.26. The van der Waals surface area contributed by atoms with Crippen LogP contribution in [0, 0.1) is 11.3 Å². The van der Waals surface area contributed by atoms with E-state index in [2.05, 4.69) is 28.2 Å². The Kier molecular flexibility index (Phi) is 5.41. The van der Waals surface area contributed by atoms with Gasteiger partial charge in [0.25, 0.3) is 0 Å². The number of halogens is 1. The lowest BCUT2D eigenvalue weighted by atomic mass is 9.50. The molecule has 0 bridgehead atoms. The maximum atomic E-state index is 12.2. The molecule has 146 valence electrons. The maximum absolute atomic E-state index is 12.2. The fraction of sp³-hybridized carbons (Fsp3) is 0.600. The third-order valence-corrected chi connectivity index (χ3v) is 6.45. The zero-order valence-corrected chi connectivity index (χ0v) is 17.2. The van der Waals surface area contributed by atoms with Gasteiger partial charge in [-0.1, -0.05) is 11.6 Å². The number of oxazole rings is 1. The van der Waals surface area contributed by atoms with Gasteiger partial charge in [0.2, 0.25) is 5.91 Å². The maximum Gasteiger partial charge on any atom is 0.224 e. The molecule has 5 nitrogen and oxygen atoms in total. The standard InChI is InChI=1S/C19H22ClN3O2.CH4S/c20-13-1-2-16-15(5-13)23-18(25-16)12-6-19(7-12)8-14(9-19)22-17(24)11-3-4-21-10-11;1-2/h1-2,5,11-12,14,21H,3-4,6-10H2,(H,22,24);2H,1H3. The van der Waals surface area contributed by atoms with E-state index in [4.69, 9.17) is 16.0 Å². The summed E-state index contributed by atoms with van der Waals surface area (Å²) < 4.78 is 5.90. The molecule has 1 aromatic heterocycles. The van der Waals surface area contributed by atoms with Gasteiger partial charge >= 0.3 is 0 Å². The number of fused-ring (bicyclic) bond motifs is 1. The lowest BCUT2D eigenvalue weighted by molar-refractivity contribution is -0.128. The van der Waals surface area contributed by atoms with Crippen LogP contribution in [0.2, 0.25) is 5.02 Å². The summed E-state index contributed by atoms with van der Waals surface area (Å²) in [5.41, 5.74) is 2.05. The molecule has 2 saturated carbocycles. The van der Waals surface area contributed by atoms with Crippen molar-refractivity contribution in [2.45, 2.75) is 44.1 Å². The number of amides is 1. The Labute approximate surface area is 170 Å². The first-order valence-corrected chi connectivity index (χ1v) is 10.9. The first kappa shape index (κ1) is 19.1. The number of hydrogen-bond acceptors (Lipinski definition) is 5.